The number of carboxylic acids is 1. The summed E-state index contributed by atoms with van der Waals surface area (Å²) in [5, 5.41) is 11.8. The Balaban J connectivity index is 1.70. The molecule has 2 aromatic rings. The number of nitrogens with one attached hydrogen (secondary N) is 1. The summed E-state index contributed by atoms with van der Waals surface area (Å²) in [6, 6.07) is 14.9. The number of fused-ring (bicyclic) bond motifs is 1. The maximum absolute atomic E-state index is 12.4. The van der Waals surface area contributed by atoms with Crippen LogP contribution in [0.5, 0.6) is 0 Å². The molecule has 1 atom stereocenters. The van der Waals surface area contributed by atoms with E-state index < -0.39 is 5.97 Å². The van der Waals surface area contributed by atoms with Gasteiger partial charge in [-0.05, 0) is 29.2 Å². The van der Waals surface area contributed by atoms with E-state index in [0.717, 1.165) is 12.0 Å². The van der Waals surface area contributed by atoms with Gasteiger partial charge in [-0.25, -0.2) is 0 Å². The molecule has 2 N–H and O–H groups in total. The van der Waals surface area contributed by atoms with Gasteiger partial charge >= 0.3 is 5.97 Å². The quantitative estimate of drug-likeness (QED) is 0.886. The third-order valence-electron chi connectivity index (χ3n) is 4.10. The fourth-order valence-electron chi connectivity index (χ4n) is 2.97. The van der Waals surface area contributed by atoms with Gasteiger partial charge < -0.3 is 15.2 Å². The number of hydrogen-bond donors (Lipinski definition) is 2. The molecule has 1 amide bonds. The number of aliphatic carboxylic acids is 1. The van der Waals surface area contributed by atoms with Crippen LogP contribution in [0.2, 0.25) is 0 Å². The molecule has 0 saturated carbocycles. The lowest BCUT2D eigenvalue weighted by Crippen LogP contribution is -2.22. The van der Waals surface area contributed by atoms with E-state index in [9.17, 15) is 9.59 Å². The summed E-state index contributed by atoms with van der Waals surface area (Å²) >= 11 is 0. The molecule has 1 heterocycles. The van der Waals surface area contributed by atoms with E-state index in [-0.39, 0.29) is 24.9 Å². The average Bonchev–Trinajstić information content (AvgIpc) is 2.56. The first kappa shape index (κ1) is 16.2. The van der Waals surface area contributed by atoms with E-state index in [1.807, 2.05) is 18.2 Å². The first-order chi connectivity index (χ1) is 11.6. The van der Waals surface area contributed by atoms with Crippen LogP contribution in [0.3, 0.4) is 0 Å². The minimum absolute atomic E-state index is 0.126. The van der Waals surface area contributed by atoms with Gasteiger partial charge in [-0.15, -0.1) is 0 Å². The normalized spacial score (nSPS) is 16.2. The van der Waals surface area contributed by atoms with Crippen LogP contribution in [-0.2, 0) is 27.2 Å². The average molecular weight is 325 g/mol. The van der Waals surface area contributed by atoms with Crippen LogP contribution in [0.15, 0.2) is 48.5 Å². The topological polar surface area (TPSA) is 75.6 Å². The van der Waals surface area contributed by atoms with Crippen LogP contribution in [0.1, 0.15) is 29.2 Å². The van der Waals surface area contributed by atoms with Gasteiger partial charge in [0.1, 0.15) is 0 Å². The predicted octanol–water partition coefficient (Wildman–Crippen LogP) is 2.96. The Morgan fingerprint density at radius 3 is 2.71 bits per heavy atom. The number of ether oxygens (including phenoxy) is 1. The maximum Gasteiger partial charge on any atom is 0.307 e. The number of benzene rings is 2. The summed E-state index contributed by atoms with van der Waals surface area (Å²) in [6.07, 6.45) is 0.675. The van der Waals surface area contributed by atoms with Crippen LogP contribution in [0.4, 0.5) is 5.69 Å². The number of carbonyl (C=O) groups excluding carboxylic acids is 1. The highest BCUT2D eigenvalue weighted by atomic mass is 16.5. The molecule has 0 bridgehead atoms. The Labute approximate surface area is 140 Å². The molecule has 3 rings (SSSR count). The van der Waals surface area contributed by atoms with Gasteiger partial charge in [0, 0.05) is 5.69 Å². The number of hydrogen-bond acceptors (Lipinski definition) is 3. The summed E-state index contributed by atoms with van der Waals surface area (Å²) in [5.74, 6) is -1.12. The zero-order valence-electron chi connectivity index (χ0n) is 13.2. The van der Waals surface area contributed by atoms with Gasteiger partial charge in [-0.3, -0.25) is 9.59 Å². The number of amides is 1. The zero-order chi connectivity index (χ0) is 16.9. The van der Waals surface area contributed by atoms with E-state index >= 15 is 0 Å². The lowest BCUT2D eigenvalue weighted by Gasteiger charge is -2.25. The lowest BCUT2D eigenvalue weighted by molar-refractivity contribution is -0.136. The van der Waals surface area contributed by atoms with E-state index in [1.54, 1.807) is 24.3 Å². The van der Waals surface area contributed by atoms with Gasteiger partial charge in [0.25, 0.3) is 0 Å². The molecule has 0 saturated heterocycles. The largest absolute Gasteiger partial charge is 0.481 e. The van der Waals surface area contributed by atoms with Crippen molar-refractivity contribution in [1.29, 1.82) is 0 Å². The Morgan fingerprint density at radius 2 is 1.88 bits per heavy atom. The Bertz CT molecular complexity index is 757. The summed E-state index contributed by atoms with van der Waals surface area (Å²) in [5.41, 5.74) is 3.39. The third-order valence-corrected chi connectivity index (χ3v) is 4.10. The van der Waals surface area contributed by atoms with Crippen LogP contribution in [-0.4, -0.2) is 23.6 Å². The monoisotopic (exact) mass is 325 g/mol. The molecular formula is C19H19NO4. The smallest absolute Gasteiger partial charge is 0.307 e. The first-order valence-corrected chi connectivity index (χ1v) is 7.92. The lowest BCUT2D eigenvalue weighted by atomic mass is 9.95. The fraction of sp³-hybridized carbons (Fsp3) is 0.263. The molecule has 5 nitrogen and oxygen atoms in total. The highest BCUT2D eigenvalue weighted by Crippen LogP contribution is 2.30. The summed E-state index contributed by atoms with van der Waals surface area (Å²) in [7, 11) is 0. The van der Waals surface area contributed by atoms with Crippen LogP contribution < -0.4 is 5.32 Å². The zero-order valence-corrected chi connectivity index (χ0v) is 13.2. The summed E-state index contributed by atoms with van der Waals surface area (Å²) < 4.78 is 5.75. The van der Waals surface area contributed by atoms with Gasteiger partial charge in [-0.2, -0.15) is 0 Å². The van der Waals surface area contributed by atoms with Crippen molar-refractivity contribution in [2.75, 3.05) is 11.9 Å². The van der Waals surface area contributed by atoms with Gasteiger partial charge in [0.2, 0.25) is 5.91 Å². The molecule has 0 radical (unpaired) electrons. The molecule has 1 aliphatic rings. The van der Waals surface area contributed by atoms with Crippen molar-refractivity contribution in [2.45, 2.75) is 25.4 Å². The van der Waals surface area contributed by atoms with Gasteiger partial charge in [0.15, 0.2) is 0 Å². The highest BCUT2D eigenvalue weighted by molar-refractivity contribution is 5.92. The number of anilines is 1. The summed E-state index contributed by atoms with van der Waals surface area (Å²) in [6.45, 7) is 0.602. The number of rotatable bonds is 5. The third kappa shape index (κ3) is 3.81. The first-order valence-electron chi connectivity index (χ1n) is 7.92. The van der Waals surface area contributed by atoms with Crippen molar-refractivity contribution < 1.29 is 19.4 Å². The fourth-order valence-corrected chi connectivity index (χ4v) is 2.97. The van der Waals surface area contributed by atoms with Crippen molar-refractivity contribution in [3.63, 3.8) is 0 Å². The molecule has 5 heteroatoms. The highest BCUT2D eigenvalue weighted by Gasteiger charge is 2.23. The van der Waals surface area contributed by atoms with E-state index in [0.29, 0.717) is 17.9 Å². The molecule has 0 fully saturated rings. The minimum atomic E-state index is -0.929. The Hall–Kier alpha value is -2.66. The molecule has 2 aromatic carbocycles. The SMILES string of the molecule is O=C(O)Cc1ccccc1NC(=O)C[C@H]1OCCc2ccccc21. The number of carbonyl (C=O) groups is 2. The van der Waals surface area contributed by atoms with E-state index in [1.165, 1.54) is 5.56 Å². The van der Waals surface area contributed by atoms with E-state index in [4.69, 9.17) is 9.84 Å². The summed E-state index contributed by atoms with van der Waals surface area (Å²) in [4.78, 5) is 23.3. The van der Waals surface area contributed by atoms with Gasteiger partial charge in [0.05, 0.1) is 25.6 Å². The molecule has 1 aliphatic heterocycles. The van der Waals surface area contributed by atoms with Crippen molar-refractivity contribution in [3.05, 3.63) is 65.2 Å². The standard InChI is InChI=1S/C19H19NO4/c21-18(20-16-8-4-2-6-14(16)11-19(22)23)12-17-15-7-3-1-5-13(15)9-10-24-17/h1-8,17H,9-12H2,(H,20,21)(H,22,23)/t17-/m1/s1. The van der Waals surface area contributed by atoms with Crippen LogP contribution in [0.25, 0.3) is 0 Å². The van der Waals surface area contributed by atoms with Gasteiger partial charge in [-0.1, -0.05) is 42.5 Å². The van der Waals surface area contributed by atoms with Crippen molar-refractivity contribution in [2.24, 2.45) is 0 Å². The Kier molecular flexibility index (Phi) is 4.91. The maximum atomic E-state index is 12.4. The molecule has 0 aliphatic carbocycles. The molecule has 0 spiro atoms. The second kappa shape index (κ2) is 7.27. The van der Waals surface area contributed by atoms with Crippen molar-refractivity contribution in [1.82, 2.24) is 0 Å². The van der Waals surface area contributed by atoms with E-state index in [2.05, 4.69) is 11.4 Å². The minimum Gasteiger partial charge on any atom is -0.481 e. The molecule has 124 valence electrons. The second-order valence-corrected chi connectivity index (χ2v) is 5.79. The molecular weight excluding hydrogens is 306 g/mol. The molecule has 0 unspecified atom stereocenters. The van der Waals surface area contributed by atoms with Crippen LogP contribution in [0, 0.1) is 0 Å². The number of para-hydroxylation sites is 1. The Morgan fingerprint density at radius 1 is 1.12 bits per heavy atom. The van der Waals surface area contributed by atoms with Crippen molar-refractivity contribution in [3.8, 4) is 0 Å². The number of carboxylic acid groups (broad SMARTS) is 1. The van der Waals surface area contributed by atoms with Crippen molar-refractivity contribution >= 4 is 17.6 Å². The second-order valence-electron chi connectivity index (χ2n) is 5.79. The molecule has 24 heavy (non-hydrogen) atoms. The van der Waals surface area contributed by atoms with Crippen LogP contribution >= 0.6 is 0 Å². The molecule has 0 aromatic heterocycles. The predicted molar refractivity (Wildman–Crippen MR) is 89.9 cm³/mol.